The van der Waals surface area contributed by atoms with E-state index in [2.05, 4.69) is 16.3 Å². The molecule has 0 spiro atoms. The SMILES string of the molecule is CCOc1cc(N2CCOCC2)c(OCC)c2c1NCC2. The number of hydrogen-bond donors (Lipinski definition) is 1. The molecule has 2 aliphatic heterocycles. The molecule has 0 aromatic heterocycles. The smallest absolute Gasteiger partial charge is 0.148 e. The van der Waals surface area contributed by atoms with Gasteiger partial charge in [-0.05, 0) is 20.3 Å². The number of ether oxygens (including phenoxy) is 3. The van der Waals surface area contributed by atoms with Gasteiger partial charge in [0.15, 0.2) is 0 Å². The quantitative estimate of drug-likeness (QED) is 0.902. The second kappa shape index (κ2) is 6.43. The van der Waals surface area contributed by atoms with Crippen molar-refractivity contribution in [3.63, 3.8) is 0 Å². The van der Waals surface area contributed by atoms with Crippen molar-refractivity contribution in [3.8, 4) is 11.5 Å². The van der Waals surface area contributed by atoms with Crippen LogP contribution in [0.3, 0.4) is 0 Å². The zero-order chi connectivity index (χ0) is 14.7. The summed E-state index contributed by atoms with van der Waals surface area (Å²) in [5.41, 5.74) is 3.51. The van der Waals surface area contributed by atoms with E-state index in [-0.39, 0.29) is 0 Å². The molecule has 116 valence electrons. The van der Waals surface area contributed by atoms with Crippen molar-refractivity contribution in [2.75, 3.05) is 56.3 Å². The largest absolute Gasteiger partial charge is 0.492 e. The van der Waals surface area contributed by atoms with Gasteiger partial charge in [0.1, 0.15) is 11.5 Å². The highest BCUT2D eigenvalue weighted by Crippen LogP contribution is 2.46. The van der Waals surface area contributed by atoms with Crippen LogP contribution in [0.4, 0.5) is 11.4 Å². The Balaban J connectivity index is 2.04. The zero-order valence-corrected chi connectivity index (χ0v) is 12.9. The van der Waals surface area contributed by atoms with Crippen molar-refractivity contribution < 1.29 is 14.2 Å². The Morgan fingerprint density at radius 1 is 1.19 bits per heavy atom. The van der Waals surface area contributed by atoms with Gasteiger partial charge in [0.05, 0.1) is 37.8 Å². The lowest BCUT2D eigenvalue weighted by atomic mass is 10.1. The van der Waals surface area contributed by atoms with E-state index in [0.29, 0.717) is 13.2 Å². The van der Waals surface area contributed by atoms with Gasteiger partial charge in [-0.2, -0.15) is 0 Å². The second-order valence-electron chi connectivity index (χ2n) is 5.22. The van der Waals surface area contributed by atoms with Crippen molar-refractivity contribution in [3.05, 3.63) is 11.6 Å². The molecule has 1 fully saturated rings. The number of hydrogen-bond acceptors (Lipinski definition) is 5. The van der Waals surface area contributed by atoms with Crippen LogP contribution in [0, 0.1) is 0 Å². The molecular formula is C16H24N2O3. The third-order valence-corrected chi connectivity index (χ3v) is 3.94. The highest BCUT2D eigenvalue weighted by molar-refractivity contribution is 5.79. The molecule has 0 bridgehead atoms. The third kappa shape index (κ3) is 2.75. The molecule has 1 aromatic rings. The second-order valence-corrected chi connectivity index (χ2v) is 5.22. The van der Waals surface area contributed by atoms with Crippen LogP contribution in [-0.2, 0) is 11.2 Å². The Labute approximate surface area is 126 Å². The first kappa shape index (κ1) is 14.3. The van der Waals surface area contributed by atoms with Crippen molar-refractivity contribution in [2.24, 2.45) is 0 Å². The Kier molecular flexibility index (Phi) is 4.39. The van der Waals surface area contributed by atoms with Gasteiger partial charge in [0.25, 0.3) is 0 Å². The van der Waals surface area contributed by atoms with Crippen molar-refractivity contribution in [1.82, 2.24) is 0 Å². The maximum Gasteiger partial charge on any atom is 0.148 e. The van der Waals surface area contributed by atoms with Crippen LogP contribution in [0.25, 0.3) is 0 Å². The Hall–Kier alpha value is -1.62. The molecule has 21 heavy (non-hydrogen) atoms. The van der Waals surface area contributed by atoms with Gasteiger partial charge in [0, 0.05) is 31.3 Å². The predicted molar refractivity (Wildman–Crippen MR) is 84.0 cm³/mol. The summed E-state index contributed by atoms with van der Waals surface area (Å²) in [6, 6.07) is 2.12. The number of fused-ring (bicyclic) bond motifs is 1. The Bertz CT molecular complexity index is 499. The normalized spacial score (nSPS) is 17.3. The fourth-order valence-electron chi connectivity index (χ4n) is 3.04. The van der Waals surface area contributed by atoms with Crippen molar-refractivity contribution in [1.29, 1.82) is 0 Å². The summed E-state index contributed by atoms with van der Waals surface area (Å²) in [6.45, 7) is 9.69. The molecule has 1 saturated heterocycles. The monoisotopic (exact) mass is 292 g/mol. The van der Waals surface area contributed by atoms with Gasteiger partial charge in [-0.25, -0.2) is 0 Å². The number of rotatable bonds is 5. The molecule has 0 unspecified atom stereocenters. The van der Waals surface area contributed by atoms with Gasteiger partial charge in [-0.1, -0.05) is 0 Å². The van der Waals surface area contributed by atoms with Crippen molar-refractivity contribution in [2.45, 2.75) is 20.3 Å². The van der Waals surface area contributed by atoms with Crippen LogP contribution in [0.5, 0.6) is 11.5 Å². The molecule has 5 nitrogen and oxygen atoms in total. The first-order valence-corrected chi connectivity index (χ1v) is 7.87. The lowest BCUT2D eigenvalue weighted by Crippen LogP contribution is -2.36. The van der Waals surface area contributed by atoms with E-state index in [1.165, 1.54) is 5.56 Å². The van der Waals surface area contributed by atoms with Crippen LogP contribution < -0.4 is 19.7 Å². The van der Waals surface area contributed by atoms with Gasteiger partial charge < -0.3 is 24.4 Å². The molecule has 0 amide bonds. The first-order chi connectivity index (χ1) is 10.3. The Morgan fingerprint density at radius 3 is 2.67 bits per heavy atom. The number of benzene rings is 1. The van der Waals surface area contributed by atoms with E-state index in [9.17, 15) is 0 Å². The van der Waals surface area contributed by atoms with Crippen LogP contribution in [0.2, 0.25) is 0 Å². The van der Waals surface area contributed by atoms with E-state index < -0.39 is 0 Å². The number of nitrogens with zero attached hydrogens (tertiary/aromatic N) is 1. The van der Waals surface area contributed by atoms with Crippen molar-refractivity contribution >= 4 is 11.4 Å². The van der Waals surface area contributed by atoms with Gasteiger partial charge in [-0.15, -0.1) is 0 Å². The average molecular weight is 292 g/mol. The first-order valence-electron chi connectivity index (χ1n) is 7.87. The topological polar surface area (TPSA) is 43.0 Å². The summed E-state index contributed by atoms with van der Waals surface area (Å²) in [5.74, 6) is 1.96. The summed E-state index contributed by atoms with van der Waals surface area (Å²) in [5, 5.41) is 3.43. The van der Waals surface area contributed by atoms with E-state index in [0.717, 1.165) is 62.1 Å². The molecule has 3 rings (SSSR count). The standard InChI is InChI=1S/C16H24N2O3/c1-3-20-14-11-13(18-7-9-19-10-8-18)16(21-4-2)12-5-6-17-15(12)14/h11,17H,3-10H2,1-2H3. The molecule has 0 atom stereocenters. The summed E-state index contributed by atoms with van der Waals surface area (Å²) >= 11 is 0. The highest BCUT2D eigenvalue weighted by Gasteiger charge is 2.26. The lowest BCUT2D eigenvalue weighted by Gasteiger charge is -2.31. The maximum atomic E-state index is 5.99. The summed E-state index contributed by atoms with van der Waals surface area (Å²) in [7, 11) is 0. The molecule has 1 N–H and O–H groups in total. The number of nitrogens with one attached hydrogen (secondary N) is 1. The summed E-state index contributed by atoms with van der Waals surface area (Å²) in [4.78, 5) is 2.34. The van der Waals surface area contributed by atoms with Crippen LogP contribution >= 0.6 is 0 Å². The fraction of sp³-hybridized carbons (Fsp3) is 0.625. The minimum Gasteiger partial charge on any atom is -0.492 e. The Morgan fingerprint density at radius 2 is 1.95 bits per heavy atom. The molecule has 2 heterocycles. The van der Waals surface area contributed by atoms with Crippen LogP contribution in [0.1, 0.15) is 19.4 Å². The summed E-state index contributed by atoms with van der Waals surface area (Å²) in [6.07, 6.45) is 0.989. The van der Waals surface area contributed by atoms with E-state index in [1.54, 1.807) is 0 Å². The third-order valence-electron chi connectivity index (χ3n) is 3.94. The van der Waals surface area contributed by atoms with E-state index in [4.69, 9.17) is 14.2 Å². The molecular weight excluding hydrogens is 268 g/mol. The number of anilines is 2. The molecule has 1 aromatic carbocycles. The average Bonchev–Trinajstić information content (AvgIpc) is 3.00. The maximum absolute atomic E-state index is 5.99. The zero-order valence-electron chi connectivity index (χ0n) is 12.9. The fourth-order valence-corrected chi connectivity index (χ4v) is 3.04. The highest BCUT2D eigenvalue weighted by atomic mass is 16.5. The van der Waals surface area contributed by atoms with Gasteiger partial charge >= 0.3 is 0 Å². The van der Waals surface area contributed by atoms with Crippen LogP contribution in [-0.4, -0.2) is 46.1 Å². The van der Waals surface area contributed by atoms with Gasteiger partial charge in [0.2, 0.25) is 0 Å². The minimum atomic E-state index is 0.671. The molecule has 0 aliphatic carbocycles. The van der Waals surface area contributed by atoms with Crippen LogP contribution in [0.15, 0.2) is 6.07 Å². The van der Waals surface area contributed by atoms with Gasteiger partial charge in [-0.3, -0.25) is 0 Å². The molecule has 2 aliphatic rings. The van der Waals surface area contributed by atoms with E-state index in [1.807, 2.05) is 13.8 Å². The summed E-state index contributed by atoms with van der Waals surface area (Å²) < 4.78 is 17.3. The minimum absolute atomic E-state index is 0.671. The molecule has 0 radical (unpaired) electrons. The predicted octanol–water partition coefficient (Wildman–Crippen LogP) is 2.29. The lowest BCUT2D eigenvalue weighted by molar-refractivity contribution is 0.122. The molecule has 5 heteroatoms. The molecule has 0 saturated carbocycles. The number of morpholine rings is 1. The van der Waals surface area contributed by atoms with E-state index >= 15 is 0 Å².